The van der Waals surface area contributed by atoms with Crippen LogP contribution in [0.5, 0.6) is 0 Å². The van der Waals surface area contributed by atoms with E-state index in [9.17, 15) is 0 Å². The monoisotopic (exact) mass is 305 g/mol. The summed E-state index contributed by atoms with van der Waals surface area (Å²) in [5.74, 6) is 2.33. The molecule has 1 aliphatic heterocycles. The molecule has 0 radical (unpaired) electrons. The molecule has 0 spiro atoms. The number of nitrogens with zero attached hydrogens (tertiary/aromatic N) is 1. The molecule has 2 aromatic rings. The maximum Gasteiger partial charge on any atom is 0.0871 e. The van der Waals surface area contributed by atoms with Crippen LogP contribution in [0.25, 0.3) is 0 Å². The molecule has 2 heteroatoms. The van der Waals surface area contributed by atoms with Crippen molar-refractivity contribution in [2.45, 2.75) is 38.0 Å². The van der Waals surface area contributed by atoms with Crippen molar-refractivity contribution in [3.05, 3.63) is 71.8 Å². The molecule has 23 heavy (non-hydrogen) atoms. The second-order valence-electron chi connectivity index (χ2n) is 7.40. The standard InChI is InChI=1S/C21H23NO/c1-3-7-15(8-4-1)14-22-20(16-9-5-2-6-10-16)19-17-11-12-18(13-17)21(19)23-22/h1-10,17-21H,11-14H2/t17-,18+,19-,20+,21-/m0/s1. The molecule has 1 saturated heterocycles. The first kappa shape index (κ1) is 13.8. The second kappa shape index (κ2) is 5.47. The highest BCUT2D eigenvalue weighted by molar-refractivity contribution is 5.24. The number of hydrogen-bond acceptors (Lipinski definition) is 2. The van der Waals surface area contributed by atoms with Gasteiger partial charge in [-0.15, -0.1) is 0 Å². The minimum atomic E-state index is 0.414. The molecule has 0 amide bonds. The fourth-order valence-electron chi connectivity index (χ4n) is 5.23. The Morgan fingerprint density at radius 3 is 2.35 bits per heavy atom. The Kier molecular flexibility index (Phi) is 3.27. The molecule has 5 rings (SSSR count). The summed E-state index contributed by atoms with van der Waals surface area (Å²) < 4.78 is 0. The van der Waals surface area contributed by atoms with Crippen LogP contribution in [0, 0.1) is 17.8 Å². The topological polar surface area (TPSA) is 12.5 Å². The first-order valence-electron chi connectivity index (χ1n) is 8.92. The normalized spacial score (nSPS) is 35.6. The summed E-state index contributed by atoms with van der Waals surface area (Å²) >= 11 is 0. The third kappa shape index (κ3) is 2.24. The summed E-state index contributed by atoms with van der Waals surface area (Å²) in [5.41, 5.74) is 2.75. The highest BCUT2D eigenvalue weighted by atomic mass is 16.7. The highest BCUT2D eigenvalue weighted by Crippen LogP contribution is 2.59. The molecule has 2 nitrogen and oxygen atoms in total. The van der Waals surface area contributed by atoms with E-state index in [1.807, 2.05) is 0 Å². The fraction of sp³-hybridized carbons (Fsp3) is 0.429. The van der Waals surface area contributed by atoms with Gasteiger partial charge in [0.15, 0.2) is 0 Å². The second-order valence-corrected chi connectivity index (χ2v) is 7.40. The van der Waals surface area contributed by atoms with Crippen molar-refractivity contribution in [2.24, 2.45) is 17.8 Å². The van der Waals surface area contributed by atoms with Gasteiger partial charge in [-0.1, -0.05) is 60.7 Å². The lowest BCUT2D eigenvalue weighted by molar-refractivity contribution is -0.181. The average molecular weight is 305 g/mol. The molecule has 3 aliphatic rings. The zero-order chi connectivity index (χ0) is 15.2. The van der Waals surface area contributed by atoms with E-state index in [-0.39, 0.29) is 0 Å². The third-order valence-corrected chi connectivity index (χ3v) is 6.16. The fourth-order valence-corrected chi connectivity index (χ4v) is 5.23. The number of hydrogen-bond donors (Lipinski definition) is 0. The molecule has 1 heterocycles. The molecule has 3 fully saturated rings. The van der Waals surface area contributed by atoms with Crippen LogP contribution in [0.1, 0.15) is 36.4 Å². The van der Waals surface area contributed by atoms with E-state index >= 15 is 0 Å². The Morgan fingerprint density at radius 1 is 0.870 bits per heavy atom. The van der Waals surface area contributed by atoms with Crippen LogP contribution in [0.4, 0.5) is 0 Å². The highest BCUT2D eigenvalue weighted by Gasteiger charge is 2.57. The van der Waals surface area contributed by atoms with Crippen LogP contribution in [0.3, 0.4) is 0 Å². The minimum Gasteiger partial charge on any atom is -0.294 e. The molecule has 2 saturated carbocycles. The molecule has 0 unspecified atom stereocenters. The van der Waals surface area contributed by atoms with Crippen molar-refractivity contribution in [3.63, 3.8) is 0 Å². The number of rotatable bonds is 3. The lowest BCUT2D eigenvalue weighted by Crippen LogP contribution is -2.27. The van der Waals surface area contributed by atoms with Gasteiger partial charge in [-0.3, -0.25) is 4.84 Å². The Bertz CT molecular complexity index is 671. The lowest BCUT2D eigenvalue weighted by atomic mass is 9.79. The average Bonchev–Trinajstić information content (AvgIpc) is 3.28. The van der Waals surface area contributed by atoms with Gasteiger partial charge in [0, 0.05) is 12.5 Å². The van der Waals surface area contributed by atoms with E-state index < -0.39 is 0 Å². The molecular formula is C21H23NO. The van der Waals surface area contributed by atoms with Crippen molar-refractivity contribution >= 4 is 0 Å². The molecule has 0 aromatic heterocycles. The van der Waals surface area contributed by atoms with Gasteiger partial charge in [0.25, 0.3) is 0 Å². The zero-order valence-corrected chi connectivity index (χ0v) is 13.3. The lowest BCUT2D eigenvalue weighted by Gasteiger charge is -2.28. The maximum absolute atomic E-state index is 6.52. The number of hydroxylamine groups is 2. The van der Waals surface area contributed by atoms with Crippen LogP contribution in [-0.2, 0) is 11.4 Å². The molecule has 118 valence electrons. The SMILES string of the molecule is c1ccc(CN2O[C@H]3[C@@H]4CC[C@@H](C4)[C@H]3[C@H]2c2ccccc2)cc1. The quantitative estimate of drug-likeness (QED) is 0.822. The molecule has 2 aromatic carbocycles. The Labute approximate surface area is 138 Å². The van der Waals surface area contributed by atoms with Gasteiger partial charge in [-0.2, -0.15) is 5.06 Å². The predicted molar refractivity (Wildman–Crippen MR) is 90.4 cm³/mol. The van der Waals surface area contributed by atoms with Gasteiger partial charge in [0.05, 0.1) is 12.1 Å². The molecule has 2 aliphatic carbocycles. The van der Waals surface area contributed by atoms with Gasteiger partial charge in [-0.25, -0.2) is 0 Å². The Hall–Kier alpha value is -1.64. The summed E-state index contributed by atoms with van der Waals surface area (Å²) in [4.78, 5) is 6.52. The largest absolute Gasteiger partial charge is 0.294 e. The maximum atomic E-state index is 6.52. The smallest absolute Gasteiger partial charge is 0.0871 e. The molecular weight excluding hydrogens is 282 g/mol. The van der Waals surface area contributed by atoms with Crippen LogP contribution < -0.4 is 0 Å². The number of benzene rings is 2. The van der Waals surface area contributed by atoms with E-state index in [0.29, 0.717) is 18.1 Å². The van der Waals surface area contributed by atoms with Crippen LogP contribution in [0.15, 0.2) is 60.7 Å². The van der Waals surface area contributed by atoms with Gasteiger partial charge < -0.3 is 0 Å². The van der Waals surface area contributed by atoms with E-state index in [0.717, 1.165) is 18.4 Å². The van der Waals surface area contributed by atoms with E-state index in [1.165, 1.54) is 30.4 Å². The first-order chi connectivity index (χ1) is 11.4. The summed E-state index contributed by atoms with van der Waals surface area (Å²) in [5, 5.41) is 2.28. The zero-order valence-electron chi connectivity index (χ0n) is 13.3. The van der Waals surface area contributed by atoms with Crippen molar-refractivity contribution in [1.82, 2.24) is 5.06 Å². The number of fused-ring (bicyclic) bond motifs is 5. The van der Waals surface area contributed by atoms with Crippen molar-refractivity contribution in [1.29, 1.82) is 0 Å². The summed E-state index contributed by atoms with van der Waals surface area (Å²) in [6.45, 7) is 0.882. The van der Waals surface area contributed by atoms with Gasteiger partial charge in [0.1, 0.15) is 0 Å². The first-order valence-corrected chi connectivity index (χ1v) is 8.92. The molecule has 0 N–H and O–H groups in total. The van der Waals surface area contributed by atoms with Gasteiger partial charge >= 0.3 is 0 Å². The van der Waals surface area contributed by atoms with E-state index in [2.05, 4.69) is 65.7 Å². The predicted octanol–water partition coefficient (Wildman–Crippen LogP) is 4.59. The van der Waals surface area contributed by atoms with Crippen molar-refractivity contribution < 1.29 is 4.84 Å². The van der Waals surface area contributed by atoms with Crippen LogP contribution >= 0.6 is 0 Å². The van der Waals surface area contributed by atoms with Crippen molar-refractivity contribution in [3.8, 4) is 0 Å². The Balaban J connectivity index is 1.49. The summed E-state index contributed by atoms with van der Waals surface area (Å²) in [7, 11) is 0. The summed E-state index contributed by atoms with van der Waals surface area (Å²) in [6.07, 6.45) is 4.60. The van der Waals surface area contributed by atoms with Crippen molar-refractivity contribution in [2.75, 3.05) is 0 Å². The minimum absolute atomic E-state index is 0.414. The van der Waals surface area contributed by atoms with E-state index in [4.69, 9.17) is 4.84 Å². The summed E-state index contributed by atoms with van der Waals surface area (Å²) in [6, 6.07) is 22.1. The molecule has 2 bridgehead atoms. The van der Waals surface area contributed by atoms with Crippen LogP contribution in [-0.4, -0.2) is 11.2 Å². The van der Waals surface area contributed by atoms with Crippen LogP contribution in [0.2, 0.25) is 0 Å². The van der Waals surface area contributed by atoms with Gasteiger partial charge in [0.2, 0.25) is 0 Å². The van der Waals surface area contributed by atoms with Gasteiger partial charge in [-0.05, 0) is 42.2 Å². The van der Waals surface area contributed by atoms with E-state index in [1.54, 1.807) is 0 Å². The Morgan fingerprint density at radius 2 is 1.57 bits per heavy atom. The third-order valence-electron chi connectivity index (χ3n) is 6.16. The molecule has 5 atom stereocenters.